The number of para-hydroxylation sites is 1. The molecule has 2 fully saturated rings. The van der Waals surface area contributed by atoms with Crippen LogP contribution in [0.2, 0.25) is 0 Å². The zero-order chi connectivity index (χ0) is 25.9. The van der Waals surface area contributed by atoms with E-state index in [0.29, 0.717) is 43.0 Å². The summed E-state index contributed by atoms with van der Waals surface area (Å²) in [5.74, 6) is -2.15. The molecule has 3 aromatic rings. The van der Waals surface area contributed by atoms with E-state index in [1.165, 1.54) is 23.2 Å². The zero-order valence-electron chi connectivity index (χ0n) is 20.6. The molecule has 0 saturated carbocycles. The molecule has 1 amide bonds. The summed E-state index contributed by atoms with van der Waals surface area (Å²) >= 11 is 0. The van der Waals surface area contributed by atoms with Crippen LogP contribution in [0.4, 0.5) is 4.39 Å². The van der Waals surface area contributed by atoms with Crippen LogP contribution in [0.25, 0.3) is 11.4 Å². The molecule has 1 atom stereocenters. The summed E-state index contributed by atoms with van der Waals surface area (Å²) in [6.45, 7) is 5.87. The highest BCUT2D eigenvalue weighted by molar-refractivity contribution is 6.46. The average molecular weight is 505 g/mol. The van der Waals surface area contributed by atoms with E-state index in [1.807, 2.05) is 30.3 Å². The molecule has 2 aliphatic heterocycles. The Morgan fingerprint density at radius 3 is 2.46 bits per heavy atom. The molecule has 37 heavy (non-hydrogen) atoms. The zero-order valence-corrected chi connectivity index (χ0v) is 20.6. The number of amides is 1. The number of nitrogens with zero attached hydrogens (tertiary/aromatic N) is 4. The number of aliphatic hydroxyl groups excluding tert-OH is 1. The van der Waals surface area contributed by atoms with Gasteiger partial charge in [-0.05, 0) is 43.2 Å². The van der Waals surface area contributed by atoms with Gasteiger partial charge in [0.2, 0.25) is 0 Å². The summed E-state index contributed by atoms with van der Waals surface area (Å²) in [6.07, 6.45) is 2.14. The Balaban J connectivity index is 1.50. The molecule has 1 aromatic heterocycles. The lowest BCUT2D eigenvalue weighted by atomic mass is 9.95. The molecule has 0 aliphatic carbocycles. The number of ether oxygens (including phenoxy) is 1. The summed E-state index contributed by atoms with van der Waals surface area (Å²) in [7, 11) is 0. The monoisotopic (exact) mass is 504 g/mol. The summed E-state index contributed by atoms with van der Waals surface area (Å²) in [6, 6.07) is 14.3. The van der Waals surface area contributed by atoms with Gasteiger partial charge in [0.15, 0.2) is 0 Å². The Bertz CT molecular complexity index is 1310. The maximum Gasteiger partial charge on any atom is 0.295 e. The van der Waals surface area contributed by atoms with Gasteiger partial charge in [-0.15, -0.1) is 0 Å². The first-order valence-corrected chi connectivity index (χ1v) is 12.4. The van der Waals surface area contributed by atoms with Crippen LogP contribution in [0, 0.1) is 12.7 Å². The Labute approximate surface area is 214 Å². The fraction of sp³-hybridized carbons (Fsp3) is 0.321. The molecule has 0 radical (unpaired) electrons. The van der Waals surface area contributed by atoms with Gasteiger partial charge in [0.1, 0.15) is 11.6 Å². The van der Waals surface area contributed by atoms with Gasteiger partial charge in [-0.2, -0.15) is 5.10 Å². The van der Waals surface area contributed by atoms with Crippen molar-refractivity contribution < 1.29 is 23.8 Å². The summed E-state index contributed by atoms with van der Waals surface area (Å²) in [5.41, 5.74) is 2.33. The van der Waals surface area contributed by atoms with Crippen molar-refractivity contribution in [2.24, 2.45) is 0 Å². The van der Waals surface area contributed by atoms with Crippen molar-refractivity contribution in [2.45, 2.75) is 19.4 Å². The van der Waals surface area contributed by atoms with E-state index >= 15 is 0 Å². The average Bonchev–Trinajstić information content (AvgIpc) is 3.42. The Hall–Kier alpha value is -3.82. The standard InChI is InChI=1S/C28H29FN4O4/c1-19-23(18-30-33(19)22-6-3-2-4-7-22)26(34)24-25(20-8-10-21(29)11-9-20)32(28(36)27(24)35)13-5-12-31-14-16-37-17-15-31/h2-4,6-11,18,25,34H,5,12-17H2,1H3/t25-/m1/s1. The van der Waals surface area contributed by atoms with Crippen LogP contribution in [-0.4, -0.2) is 75.8 Å². The number of benzene rings is 2. The second-order valence-corrected chi connectivity index (χ2v) is 9.24. The molecular formula is C28H29FN4O4. The van der Waals surface area contributed by atoms with Gasteiger partial charge >= 0.3 is 0 Å². The Kier molecular flexibility index (Phi) is 7.16. The summed E-state index contributed by atoms with van der Waals surface area (Å²) < 4.78 is 20.8. The quantitative estimate of drug-likeness (QED) is 0.301. The molecule has 8 nitrogen and oxygen atoms in total. The number of carbonyl (C=O) groups is 2. The van der Waals surface area contributed by atoms with Crippen molar-refractivity contribution in [2.75, 3.05) is 39.4 Å². The van der Waals surface area contributed by atoms with Crippen LogP contribution in [0.5, 0.6) is 0 Å². The van der Waals surface area contributed by atoms with Gasteiger partial charge in [0.25, 0.3) is 11.7 Å². The van der Waals surface area contributed by atoms with Gasteiger partial charge in [-0.1, -0.05) is 30.3 Å². The second-order valence-electron chi connectivity index (χ2n) is 9.24. The minimum atomic E-state index is -0.829. The molecule has 0 bridgehead atoms. The third-order valence-corrected chi connectivity index (χ3v) is 6.97. The second kappa shape index (κ2) is 10.7. The predicted molar refractivity (Wildman–Crippen MR) is 136 cm³/mol. The third-order valence-electron chi connectivity index (χ3n) is 6.97. The number of halogens is 1. The van der Waals surface area contributed by atoms with E-state index in [1.54, 1.807) is 23.7 Å². The van der Waals surface area contributed by atoms with Crippen LogP contribution < -0.4 is 0 Å². The number of ketones is 1. The van der Waals surface area contributed by atoms with Crippen molar-refractivity contribution >= 4 is 17.4 Å². The van der Waals surface area contributed by atoms with Crippen molar-refractivity contribution in [1.82, 2.24) is 19.6 Å². The largest absolute Gasteiger partial charge is 0.507 e. The number of hydrogen-bond acceptors (Lipinski definition) is 6. The van der Waals surface area contributed by atoms with Gasteiger partial charge in [-0.25, -0.2) is 9.07 Å². The first kappa shape index (κ1) is 24.9. The molecule has 1 N–H and O–H groups in total. The van der Waals surface area contributed by atoms with Crippen molar-refractivity contribution in [3.05, 3.63) is 89.0 Å². The van der Waals surface area contributed by atoms with Crippen molar-refractivity contribution in [3.63, 3.8) is 0 Å². The maximum absolute atomic E-state index is 13.7. The molecule has 192 valence electrons. The fourth-order valence-corrected chi connectivity index (χ4v) is 5.01. The third kappa shape index (κ3) is 4.92. The summed E-state index contributed by atoms with van der Waals surface area (Å²) in [5, 5.41) is 15.8. The highest BCUT2D eigenvalue weighted by Crippen LogP contribution is 2.40. The molecule has 2 aromatic carbocycles. The highest BCUT2D eigenvalue weighted by atomic mass is 19.1. The van der Waals surface area contributed by atoms with Crippen LogP contribution in [0.15, 0.2) is 66.4 Å². The highest BCUT2D eigenvalue weighted by Gasteiger charge is 2.46. The molecule has 9 heteroatoms. The number of aliphatic hydroxyl groups is 1. The van der Waals surface area contributed by atoms with E-state index in [2.05, 4.69) is 10.00 Å². The fourth-order valence-electron chi connectivity index (χ4n) is 5.01. The lowest BCUT2D eigenvalue weighted by molar-refractivity contribution is -0.140. The van der Waals surface area contributed by atoms with Crippen molar-refractivity contribution in [1.29, 1.82) is 0 Å². The molecule has 0 spiro atoms. The Morgan fingerprint density at radius 1 is 1.05 bits per heavy atom. The summed E-state index contributed by atoms with van der Waals surface area (Å²) in [4.78, 5) is 30.2. The number of carbonyl (C=O) groups excluding carboxylic acids is 2. The predicted octanol–water partition coefficient (Wildman–Crippen LogP) is 3.46. The molecule has 2 saturated heterocycles. The first-order chi connectivity index (χ1) is 18.0. The number of morpholine rings is 1. The van der Waals surface area contributed by atoms with Crippen LogP contribution in [0.1, 0.15) is 29.3 Å². The molecular weight excluding hydrogens is 475 g/mol. The van der Waals surface area contributed by atoms with E-state index in [-0.39, 0.29) is 11.3 Å². The van der Waals surface area contributed by atoms with Gasteiger partial charge in [0, 0.05) is 26.2 Å². The normalized spacial score (nSPS) is 20.1. The van der Waals surface area contributed by atoms with Crippen LogP contribution in [-0.2, 0) is 14.3 Å². The van der Waals surface area contributed by atoms with E-state index in [0.717, 1.165) is 25.3 Å². The smallest absolute Gasteiger partial charge is 0.295 e. The number of Topliss-reactive ketones (excluding diaryl/α,β-unsaturated/α-hetero) is 1. The lowest BCUT2D eigenvalue weighted by Gasteiger charge is -2.29. The van der Waals surface area contributed by atoms with Crippen LogP contribution >= 0.6 is 0 Å². The van der Waals surface area contributed by atoms with Gasteiger partial charge < -0.3 is 14.7 Å². The minimum absolute atomic E-state index is 0.0151. The molecule has 3 heterocycles. The number of hydrogen-bond donors (Lipinski definition) is 1. The van der Waals surface area contributed by atoms with Crippen LogP contribution in [0.3, 0.4) is 0 Å². The topological polar surface area (TPSA) is 87.9 Å². The van der Waals surface area contributed by atoms with Crippen molar-refractivity contribution in [3.8, 4) is 5.69 Å². The number of rotatable bonds is 7. The SMILES string of the molecule is Cc1c(C(O)=C2C(=O)C(=O)N(CCCN3CCOCC3)[C@@H]2c2ccc(F)cc2)cnn1-c1ccccc1. The molecule has 2 aliphatic rings. The van der Waals surface area contributed by atoms with E-state index in [4.69, 9.17) is 4.74 Å². The lowest BCUT2D eigenvalue weighted by Crippen LogP contribution is -2.38. The maximum atomic E-state index is 13.7. The minimum Gasteiger partial charge on any atom is -0.507 e. The number of likely N-dealkylation sites (tertiary alicyclic amines) is 1. The number of aromatic nitrogens is 2. The van der Waals surface area contributed by atoms with E-state index < -0.39 is 23.5 Å². The molecule has 5 rings (SSSR count). The molecule has 0 unspecified atom stereocenters. The van der Waals surface area contributed by atoms with Gasteiger partial charge in [-0.3, -0.25) is 14.5 Å². The van der Waals surface area contributed by atoms with E-state index in [9.17, 15) is 19.1 Å². The first-order valence-electron chi connectivity index (χ1n) is 12.4. The Morgan fingerprint density at radius 2 is 1.76 bits per heavy atom. The van der Waals surface area contributed by atoms with Gasteiger partial charge in [0.05, 0.1) is 48.0 Å².